The molecule has 2 heterocycles. The van der Waals surface area contributed by atoms with Gasteiger partial charge in [0.25, 0.3) is 5.91 Å². The van der Waals surface area contributed by atoms with Crippen molar-refractivity contribution in [1.29, 1.82) is 0 Å². The highest BCUT2D eigenvalue weighted by molar-refractivity contribution is 5.97. The summed E-state index contributed by atoms with van der Waals surface area (Å²) in [6, 6.07) is 7.29. The molecule has 2 fully saturated rings. The van der Waals surface area contributed by atoms with Gasteiger partial charge >= 0.3 is 0 Å². The molecule has 140 valence electrons. The van der Waals surface area contributed by atoms with Gasteiger partial charge in [0, 0.05) is 56.9 Å². The van der Waals surface area contributed by atoms with Crippen molar-refractivity contribution in [3.63, 3.8) is 0 Å². The largest absolute Gasteiger partial charge is 0.355 e. The highest BCUT2D eigenvalue weighted by Gasteiger charge is 2.24. The van der Waals surface area contributed by atoms with Crippen LogP contribution in [0.3, 0.4) is 0 Å². The van der Waals surface area contributed by atoms with Gasteiger partial charge in [-0.05, 0) is 37.6 Å². The normalized spacial score (nSPS) is 18.3. The molecule has 0 bridgehead atoms. The summed E-state index contributed by atoms with van der Waals surface area (Å²) in [5.74, 6) is 0.175. The maximum Gasteiger partial charge on any atom is 0.253 e. The molecule has 1 aromatic rings. The Bertz CT molecular complexity index is 666. The molecule has 0 spiro atoms. The standard InChI is InChI=1S/C19H26N4O3/c1-2-20-17(24)14-21-10-12-22(13-11-21)19(26)15-5-7-16(8-6-15)23-9-3-4-18(23)25/h5-8H,2-4,9-14H2,1H3,(H,20,24). The van der Waals surface area contributed by atoms with Gasteiger partial charge in [-0.1, -0.05) is 0 Å². The SMILES string of the molecule is CCNC(=O)CN1CCN(C(=O)c2ccc(N3CCCC3=O)cc2)CC1. The zero-order chi connectivity index (χ0) is 18.5. The number of carbonyl (C=O) groups is 3. The van der Waals surface area contributed by atoms with E-state index >= 15 is 0 Å². The van der Waals surface area contributed by atoms with E-state index in [-0.39, 0.29) is 17.7 Å². The Labute approximate surface area is 153 Å². The van der Waals surface area contributed by atoms with Gasteiger partial charge in [0.1, 0.15) is 0 Å². The second-order valence-corrected chi connectivity index (χ2v) is 6.72. The number of piperazine rings is 1. The predicted molar refractivity (Wildman–Crippen MR) is 99.1 cm³/mol. The van der Waals surface area contributed by atoms with E-state index in [2.05, 4.69) is 10.2 Å². The van der Waals surface area contributed by atoms with E-state index in [1.54, 1.807) is 17.0 Å². The summed E-state index contributed by atoms with van der Waals surface area (Å²) in [6.07, 6.45) is 1.49. The zero-order valence-corrected chi connectivity index (χ0v) is 15.2. The number of nitrogens with zero attached hydrogens (tertiary/aromatic N) is 3. The van der Waals surface area contributed by atoms with E-state index < -0.39 is 0 Å². The molecule has 0 radical (unpaired) electrons. The van der Waals surface area contributed by atoms with Gasteiger partial charge in [-0.3, -0.25) is 19.3 Å². The number of likely N-dealkylation sites (N-methyl/N-ethyl adjacent to an activating group) is 1. The van der Waals surface area contributed by atoms with E-state index in [1.165, 1.54) is 0 Å². The Hall–Kier alpha value is -2.41. The van der Waals surface area contributed by atoms with Crippen molar-refractivity contribution >= 4 is 23.4 Å². The quantitative estimate of drug-likeness (QED) is 0.841. The van der Waals surface area contributed by atoms with Crippen LogP contribution >= 0.6 is 0 Å². The first-order chi connectivity index (χ1) is 12.6. The first-order valence-corrected chi connectivity index (χ1v) is 9.27. The average molecular weight is 358 g/mol. The van der Waals surface area contributed by atoms with E-state index in [0.717, 1.165) is 18.7 Å². The molecule has 1 aromatic carbocycles. The predicted octanol–water partition coefficient (Wildman–Crippen LogP) is 0.707. The first-order valence-electron chi connectivity index (χ1n) is 9.27. The van der Waals surface area contributed by atoms with Gasteiger partial charge in [-0.2, -0.15) is 0 Å². The van der Waals surface area contributed by atoms with Crippen LogP contribution in [-0.4, -0.2) is 73.3 Å². The Morgan fingerprint density at radius 2 is 1.73 bits per heavy atom. The van der Waals surface area contributed by atoms with Crippen LogP contribution in [0.4, 0.5) is 5.69 Å². The van der Waals surface area contributed by atoms with Gasteiger partial charge in [-0.15, -0.1) is 0 Å². The molecule has 0 atom stereocenters. The summed E-state index contributed by atoms with van der Waals surface area (Å²) in [5.41, 5.74) is 1.49. The second-order valence-electron chi connectivity index (χ2n) is 6.72. The van der Waals surface area contributed by atoms with E-state index in [4.69, 9.17) is 0 Å². The Morgan fingerprint density at radius 3 is 2.31 bits per heavy atom. The maximum absolute atomic E-state index is 12.7. The highest BCUT2D eigenvalue weighted by Crippen LogP contribution is 2.22. The Morgan fingerprint density at radius 1 is 1.04 bits per heavy atom. The molecule has 2 saturated heterocycles. The molecule has 0 aliphatic carbocycles. The van der Waals surface area contributed by atoms with Crippen LogP contribution in [0.2, 0.25) is 0 Å². The molecule has 2 aliphatic rings. The van der Waals surface area contributed by atoms with Crippen LogP contribution in [0.1, 0.15) is 30.1 Å². The van der Waals surface area contributed by atoms with Crippen LogP contribution in [0, 0.1) is 0 Å². The van der Waals surface area contributed by atoms with Gasteiger partial charge in [-0.25, -0.2) is 0 Å². The molecule has 0 aromatic heterocycles. The number of benzene rings is 1. The molecule has 0 saturated carbocycles. The highest BCUT2D eigenvalue weighted by atomic mass is 16.2. The zero-order valence-electron chi connectivity index (χ0n) is 15.2. The molecular weight excluding hydrogens is 332 g/mol. The fourth-order valence-electron chi connectivity index (χ4n) is 3.45. The van der Waals surface area contributed by atoms with Crippen molar-refractivity contribution in [2.45, 2.75) is 19.8 Å². The lowest BCUT2D eigenvalue weighted by molar-refractivity contribution is -0.122. The molecule has 3 rings (SSSR count). The molecule has 1 N–H and O–H groups in total. The number of hydrogen-bond donors (Lipinski definition) is 1. The number of rotatable bonds is 5. The molecule has 3 amide bonds. The lowest BCUT2D eigenvalue weighted by atomic mass is 10.1. The monoisotopic (exact) mass is 358 g/mol. The number of nitrogens with one attached hydrogen (secondary N) is 1. The van der Waals surface area contributed by atoms with Crippen molar-refractivity contribution in [3.8, 4) is 0 Å². The lowest BCUT2D eigenvalue weighted by Crippen LogP contribution is -2.51. The van der Waals surface area contributed by atoms with Crippen LogP contribution in [0.15, 0.2) is 24.3 Å². The molecule has 26 heavy (non-hydrogen) atoms. The van der Waals surface area contributed by atoms with Gasteiger partial charge in [0.05, 0.1) is 6.54 Å². The van der Waals surface area contributed by atoms with Gasteiger partial charge in [0.2, 0.25) is 11.8 Å². The first kappa shape index (κ1) is 18.4. The van der Waals surface area contributed by atoms with Crippen molar-refractivity contribution < 1.29 is 14.4 Å². The van der Waals surface area contributed by atoms with Gasteiger partial charge < -0.3 is 15.1 Å². The lowest BCUT2D eigenvalue weighted by Gasteiger charge is -2.34. The molecule has 2 aliphatic heterocycles. The minimum atomic E-state index is 0.00181. The summed E-state index contributed by atoms with van der Waals surface area (Å²) in [5, 5.41) is 2.80. The average Bonchev–Trinajstić information content (AvgIpc) is 3.08. The minimum absolute atomic E-state index is 0.00181. The third-order valence-electron chi connectivity index (χ3n) is 4.90. The van der Waals surface area contributed by atoms with Crippen molar-refractivity contribution in [2.24, 2.45) is 0 Å². The Kier molecular flexibility index (Phi) is 5.88. The maximum atomic E-state index is 12.7. The summed E-state index contributed by atoms with van der Waals surface area (Å²) in [6.45, 7) is 6.30. The fourth-order valence-corrected chi connectivity index (χ4v) is 3.45. The summed E-state index contributed by atoms with van der Waals surface area (Å²) in [4.78, 5) is 41.8. The summed E-state index contributed by atoms with van der Waals surface area (Å²) in [7, 11) is 0. The van der Waals surface area contributed by atoms with Crippen molar-refractivity contribution in [2.75, 3.05) is 50.7 Å². The summed E-state index contributed by atoms with van der Waals surface area (Å²) < 4.78 is 0. The van der Waals surface area contributed by atoms with E-state index in [0.29, 0.717) is 51.3 Å². The van der Waals surface area contributed by atoms with Crippen LogP contribution in [0.5, 0.6) is 0 Å². The number of amides is 3. The molecule has 7 heteroatoms. The Balaban J connectivity index is 1.53. The number of hydrogen-bond acceptors (Lipinski definition) is 4. The molecule has 0 unspecified atom stereocenters. The minimum Gasteiger partial charge on any atom is -0.355 e. The van der Waals surface area contributed by atoms with Crippen LogP contribution < -0.4 is 10.2 Å². The third kappa shape index (κ3) is 4.22. The number of carbonyl (C=O) groups excluding carboxylic acids is 3. The third-order valence-corrected chi connectivity index (χ3v) is 4.90. The van der Waals surface area contributed by atoms with Gasteiger partial charge in [0.15, 0.2) is 0 Å². The second kappa shape index (κ2) is 8.31. The molecular formula is C19H26N4O3. The van der Waals surface area contributed by atoms with E-state index in [9.17, 15) is 14.4 Å². The topological polar surface area (TPSA) is 73.0 Å². The van der Waals surface area contributed by atoms with Crippen LogP contribution in [0.25, 0.3) is 0 Å². The van der Waals surface area contributed by atoms with Crippen molar-refractivity contribution in [1.82, 2.24) is 15.1 Å². The van der Waals surface area contributed by atoms with Crippen molar-refractivity contribution in [3.05, 3.63) is 29.8 Å². The number of anilines is 1. The smallest absolute Gasteiger partial charge is 0.253 e. The fraction of sp³-hybridized carbons (Fsp3) is 0.526. The summed E-state index contributed by atoms with van der Waals surface area (Å²) >= 11 is 0. The molecule has 7 nitrogen and oxygen atoms in total. The van der Waals surface area contributed by atoms with E-state index in [1.807, 2.05) is 24.0 Å². The van der Waals surface area contributed by atoms with Crippen LogP contribution in [-0.2, 0) is 9.59 Å².